The monoisotopic (exact) mass is 565 g/mol. The minimum Gasteiger partial charge on any atom is -0.444 e. The first-order valence-corrected chi connectivity index (χ1v) is 13.8. The number of piperidine rings is 1. The summed E-state index contributed by atoms with van der Waals surface area (Å²) >= 11 is 0. The molecule has 2 fully saturated rings. The lowest BCUT2D eigenvalue weighted by molar-refractivity contribution is 0.0342. The van der Waals surface area contributed by atoms with Crippen molar-refractivity contribution in [1.29, 1.82) is 0 Å². The Hall–Kier alpha value is -3.90. The van der Waals surface area contributed by atoms with Crippen LogP contribution in [0.2, 0.25) is 0 Å². The van der Waals surface area contributed by atoms with Gasteiger partial charge >= 0.3 is 6.09 Å². The van der Waals surface area contributed by atoms with Gasteiger partial charge in [-0.15, -0.1) is 0 Å². The molecule has 11 nitrogen and oxygen atoms in total. The number of halogens is 1. The maximum Gasteiger partial charge on any atom is 0.408 e. The molecular weight excluding hydrogens is 529 g/mol. The minimum atomic E-state index is -1.26. The van der Waals surface area contributed by atoms with Crippen LogP contribution in [0.5, 0.6) is 0 Å². The van der Waals surface area contributed by atoms with E-state index in [1.807, 2.05) is 29.2 Å². The average molecular weight is 566 g/mol. The molecule has 1 aromatic carbocycles. The zero-order valence-electron chi connectivity index (χ0n) is 23.6. The molecule has 2 aromatic heterocycles. The van der Waals surface area contributed by atoms with E-state index in [-0.39, 0.29) is 18.5 Å². The Bertz CT molecular complexity index is 1410. The second-order valence-electron chi connectivity index (χ2n) is 11.4. The van der Waals surface area contributed by atoms with Gasteiger partial charge in [0.05, 0.1) is 30.5 Å². The fourth-order valence-electron chi connectivity index (χ4n) is 5.10. The molecule has 2 saturated heterocycles. The molecule has 4 heterocycles. The third kappa shape index (κ3) is 6.88. The van der Waals surface area contributed by atoms with Crippen LogP contribution in [-0.2, 0) is 16.0 Å². The molecule has 0 spiro atoms. The number of nitrogens with zero attached hydrogens (tertiary/aromatic N) is 5. The average Bonchev–Trinajstić information content (AvgIpc) is 2.93. The molecule has 0 saturated carbocycles. The van der Waals surface area contributed by atoms with Crippen molar-refractivity contribution in [2.75, 3.05) is 44.3 Å². The smallest absolute Gasteiger partial charge is 0.408 e. The standard InChI is InChI=1S/C29H36FN7O4/c1-29(2,3)41-28(39)35-23-16-37(9-8-21(23)30)27-25-24(32-17-33-27)20(26(31)38)14-22(34-25)19-6-4-18(5-7-19)15-36-10-12-40-13-11-36/h4-7,14,17,21,23H,8-13,15-16H2,1-3H3,(H2,31,38)(H,35,39). The van der Waals surface area contributed by atoms with Gasteiger partial charge in [-0.25, -0.2) is 24.1 Å². The highest BCUT2D eigenvalue weighted by Gasteiger charge is 2.33. The Labute approximate surface area is 238 Å². The first-order chi connectivity index (χ1) is 19.6. The SMILES string of the molecule is CC(C)(C)OC(=O)NC1CN(c2ncnc3c(C(N)=O)cc(-c4ccc(CN5CCOCC5)cc4)nc23)CCC1F. The van der Waals surface area contributed by atoms with Crippen molar-refractivity contribution in [3.8, 4) is 11.3 Å². The van der Waals surface area contributed by atoms with Gasteiger partial charge in [-0.1, -0.05) is 24.3 Å². The quantitative estimate of drug-likeness (QED) is 0.462. The van der Waals surface area contributed by atoms with E-state index in [0.29, 0.717) is 29.1 Å². The Balaban J connectivity index is 1.44. The molecule has 2 aliphatic rings. The molecule has 2 aliphatic heterocycles. The number of carbonyl (C=O) groups excluding carboxylic acids is 2. The molecular formula is C29H36FN7O4. The molecule has 12 heteroatoms. The number of nitrogens with one attached hydrogen (secondary N) is 1. The molecule has 5 rings (SSSR count). The molecule has 2 amide bonds. The number of pyridine rings is 1. The number of morpholine rings is 1. The highest BCUT2D eigenvalue weighted by molar-refractivity contribution is 6.07. The van der Waals surface area contributed by atoms with E-state index < -0.39 is 29.8 Å². The Morgan fingerprint density at radius 2 is 1.85 bits per heavy atom. The van der Waals surface area contributed by atoms with Crippen LogP contribution in [0.15, 0.2) is 36.7 Å². The summed E-state index contributed by atoms with van der Waals surface area (Å²) in [6, 6.07) is 8.84. The van der Waals surface area contributed by atoms with Gasteiger partial charge in [0.2, 0.25) is 0 Å². The van der Waals surface area contributed by atoms with Crippen LogP contribution in [-0.4, -0.2) is 89.1 Å². The lowest BCUT2D eigenvalue weighted by atomic mass is 10.0. The predicted octanol–water partition coefficient (Wildman–Crippen LogP) is 3.06. The van der Waals surface area contributed by atoms with Crippen molar-refractivity contribution in [3.05, 3.63) is 47.8 Å². The molecule has 0 radical (unpaired) electrons. The third-order valence-corrected chi connectivity index (χ3v) is 7.13. The van der Waals surface area contributed by atoms with Crippen LogP contribution in [0.25, 0.3) is 22.3 Å². The Morgan fingerprint density at radius 3 is 2.54 bits per heavy atom. The van der Waals surface area contributed by atoms with Gasteiger partial charge in [0.25, 0.3) is 5.91 Å². The second kappa shape index (κ2) is 11.9. The van der Waals surface area contributed by atoms with E-state index >= 15 is 0 Å². The molecule has 0 aliphatic carbocycles. The summed E-state index contributed by atoms with van der Waals surface area (Å²) in [4.78, 5) is 42.7. The largest absolute Gasteiger partial charge is 0.444 e. The highest BCUT2D eigenvalue weighted by atomic mass is 19.1. The Morgan fingerprint density at radius 1 is 1.12 bits per heavy atom. The van der Waals surface area contributed by atoms with Crippen LogP contribution < -0.4 is 16.0 Å². The number of hydrogen-bond acceptors (Lipinski definition) is 9. The van der Waals surface area contributed by atoms with Crippen molar-refractivity contribution in [3.63, 3.8) is 0 Å². The second-order valence-corrected chi connectivity index (χ2v) is 11.4. The van der Waals surface area contributed by atoms with Gasteiger partial charge in [0.15, 0.2) is 5.82 Å². The first-order valence-electron chi connectivity index (χ1n) is 13.8. The third-order valence-electron chi connectivity index (χ3n) is 7.13. The maximum atomic E-state index is 14.9. The summed E-state index contributed by atoms with van der Waals surface area (Å²) in [5.74, 6) is -0.203. The number of alkyl carbamates (subject to hydrolysis) is 1. The lowest BCUT2D eigenvalue weighted by Gasteiger charge is -2.36. The van der Waals surface area contributed by atoms with E-state index in [9.17, 15) is 14.0 Å². The number of nitrogens with two attached hydrogens (primary N) is 1. The number of rotatable bonds is 6. The van der Waals surface area contributed by atoms with Gasteiger partial charge in [-0.2, -0.15) is 0 Å². The molecule has 41 heavy (non-hydrogen) atoms. The highest BCUT2D eigenvalue weighted by Crippen LogP contribution is 2.30. The fourth-order valence-corrected chi connectivity index (χ4v) is 5.10. The molecule has 3 N–H and O–H groups in total. The number of aromatic nitrogens is 3. The maximum absolute atomic E-state index is 14.9. The summed E-state index contributed by atoms with van der Waals surface area (Å²) in [5.41, 5.74) is 8.48. The summed E-state index contributed by atoms with van der Waals surface area (Å²) in [6.07, 6.45) is -0.441. The number of amides is 2. The summed E-state index contributed by atoms with van der Waals surface area (Å²) in [6.45, 7) is 9.81. The summed E-state index contributed by atoms with van der Waals surface area (Å²) in [7, 11) is 0. The van der Waals surface area contributed by atoms with E-state index in [4.69, 9.17) is 20.2 Å². The summed E-state index contributed by atoms with van der Waals surface area (Å²) in [5, 5.41) is 2.65. The number of ether oxygens (including phenoxy) is 2. The van der Waals surface area contributed by atoms with Crippen molar-refractivity contribution >= 4 is 28.9 Å². The zero-order chi connectivity index (χ0) is 29.1. The van der Waals surface area contributed by atoms with Gasteiger partial charge in [0, 0.05) is 38.3 Å². The van der Waals surface area contributed by atoms with Gasteiger partial charge < -0.3 is 25.4 Å². The van der Waals surface area contributed by atoms with Crippen LogP contribution in [0.1, 0.15) is 43.1 Å². The number of benzene rings is 1. The first kappa shape index (κ1) is 28.6. The number of hydrogen-bond donors (Lipinski definition) is 2. The van der Waals surface area contributed by atoms with Crippen molar-refractivity contribution < 1.29 is 23.5 Å². The molecule has 0 bridgehead atoms. The van der Waals surface area contributed by atoms with Crippen molar-refractivity contribution in [2.24, 2.45) is 5.73 Å². The molecule has 3 aromatic rings. The van der Waals surface area contributed by atoms with E-state index in [2.05, 4.69) is 20.2 Å². The van der Waals surface area contributed by atoms with Crippen LogP contribution in [0.3, 0.4) is 0 Å². The number of anilines is 1. The summed E-state index contributed by atoms with van der Waals surface area (Å²) < 4.78 is 25.6. The lowest BCUT2D eigenvalue weighted by Crippen LogP contribution is -2.54. The number of fused-ring (bicyclic) bond motifs is 1. The molecule has 2 atom stereocenters. The van der Waals surface area contributed by atoms with Gasteiger partial charge in [-0.3, -0.25) is 9.69 Å². The van der Waals surface area contributed by atoms with E-state index in [0.717, 1.165) is 44.0 Å². The fraction of sp³-hybridized carbons (Fsp3) is 0.483. The predicted molar refractivity (Wildman–Crippen MR) is 152 cm³/mol. The van der Waals surface area contributed by atoms with E-state index in [1.54, 1.807) is 26.8 Å². The normalized spacial score (nSPS) is 20.1. The minimum absolute atomic E-state index is 0.139. The van der Waals surface area contributed by atoms with Crippen molar-refractivity contribution in [2.45, 2.75) is 51.6 Å². The number of carbonyl (C=O) groups is 2. The van der Waals surface area contributed by atoms with Crippen LogP contribution in [0, 0.1) is 0 Å². The van der Waals surface area contributed by atoms with E-state index in [1.165, 1.54) is 6.33 Å². The molecule has 2 unspecified atom stereocenters. The number of primary amides is 1. The zero-order valence-corrected chi connectivity index (χ0v) is 23.6. The van der Waals surface area contributed by atoms with Crippen LogP contribution >= 0.6 is 0 Å². The molecule has 218 valence electrons. The Kier molecular flexibility index (Phi) is 8.32. The van der Waals surface area contributed by atoms with Crippen LogP contribution in [0.4, 0.5) is 15.0 Å². The topological polar surface area (TPSA) is 136 Å². The number of alkyl halides is 1. The van der Waals surface area contributed by atoms with Gasteiger partial charge in [-0.05, 0) is 38.8 Å². The van der Waals surface area contributed by atoms with Gasteiger partial charge in [0.1, 0.15) is 29.1 Å². The van der Waals surface area contributed by atoms with Crippen molar-refractivity contribution in [1.82, 2.24) is 25.2 Å².